The Morgan fingerprint density at radius 1 is 1.20 bits per heavy atom. The van der Waals surface area contributed by atoms with E-state index in [1.807, 2.05) is 12.1 Å². The fourth-order valence-electron chi connectivity index (χ4n) is 2.07. The molecule has 20 heavy (non-hydrogen) atoms. The lowest BCUT2D eigenvalue weighted by molar-refractivity contribution is 0.0592. The molecule has 0 bridgehead atoms. The van der Waals surface area contributed by atoms with Crippen LogP contribution in [0.5, 0.6) is 5.75 Å². The largest absolute Gasteiger partial charge is 0.486 e. The van der Waals surface area contributed by atoms with Crippen LogP contribution in [0.2, 0.25) is 0 Å². The third-order valence-electron chi connectivity index (χ3n) is 3.93. The molecule has 0 aliphatic carbocycles. The summed E-state index contributed by atoms with van der Waals surface area (Å²) in [4.78, 5) is 0. The maximum atomic E-state index is 9.50. The van der Waals surface area contributed by atoms with Crippen molar-refractivity contribution in [2.24, 2.45) is 11.1 Å². The van der Waals surface area contributed by atoms with E-state index in [0.29, 0.717) is 5.92 Å². The first-order valence-electron chi connectivity index (χ1n) is 7.42. The van der Waals surface area contributed by atoms with Gasteiger partial charge >= 0.3 is 0 Å². The van der Waals surface area contributed by atoms with Crippen molar-refractivity contribution in [3.05, 3.63) is 29.8 Å². The van der Waals surface area contributed by atoms with Crippen LogP contribution >= 0.6 is 0 Å². The molecular weight excluding hydrogens is 250 g/mol. The van der Waals surface area contributed by atoms with Crippen molar-refractivity contribution < 1.29 is 9.84 Å². The molecule has 0 aliphatic heterocycles. The molecule has 0 aromatic heterocycles. The third kappa shape index (κ3) is 4.50. The second-order valence-electron chi connectivity index (χ2n) is 6.61. The van der Waals surface area contributed by atoms with Gasteiger partial charge in [-0.3, -0.25) is 0 Å². The van der Waals surface area contributed by atoms with Crippen molar-refractivity contribution in [1.82, 2.24) is 0 Å². The second-order valence-corrected chi connectivity index (χ2v) is 6.61. The number of rotatable bonds is 6. The lowest BCUT2D eigenvalue weighted by Crippen LogP contribution is -2.49. The molecule has 0 spiro atoms. The van der Waals surface area contributed by atoms with Crippen LogP contribution in [-0.4, -0.2) is 23.9 Å². The SMILES string of the molecule is CCC(C)c1ccc(OC(CO)C(N)C(C)(C)C)cc1. The highest BCUT2D eigenvalue weighted by Gasteiger charge is 2.30. The maximum Gasteiger partial charge on any atom is 0.137 e. The molecule has 0 fully saturated rings. The van der Waals surface area contributed by atoms with Crippen LogP contribution in [-0.2, 0) is 0 Å². The van der Waals surface area contributed by atoms with E-state index in [1.54, 1.807) is 0 Å². The zero-order chi connectivity index (χ0) is 15.3. The molecule has 114 valence electrons. The number of aliphatic hydroxyl groups is 1. The molecule has 0 heterocycles. The van der Waals surface area contributed by atoms with Crippen LogP contribution in [0.15, 0.2) is 24.3 Å². The summed E-state index contributed by atoms with van der Waals surface area (Å²) in [6.07, 6.45) is 0.735. The minimum absolute atomic E-state index is 0.0778. The fraction of sp³-hybridized carbons (Fsp3) is 0.647. The normalized spacial score (nSPS) is 16.6. The zero-order valence-electron chi connectivity index (χ0n) is 13.4. The van der Waals surface area contributed by atoms with Gasteiger partial charge in [0.05, 0.1) is 6.61 Å². The van der Waals surface area contributed by atoms with Gasteiger partial charge in [0.25, 0.3) is 0 Å². The average molecular weight is 279 g/mol. The summed E-state index contributed by atoms with van der Waals surface area (Å²) in [5.74, 6) is 1.31. The van der Waals surface area contributed by atoms with Crippen molar-refractivity contribution in [2.45, 2.75) is 59.1 Å². The van der Waals surface area contributed by atoms with E-state index >= 15 is 0 Å². The van der Waals surface area contributed by atoms with E-state index in [4.69, 9.17) is 10.5 Å². The topological polar surface area (TPSA) is 55.5 Å². The minimum Gasteiger partial charge on any atom is -0.486 e. The molecule has 1 rings (SSSR count). The van der Waals surface area contributed by atoms with Gasteiger partial charge in [-0.15, -0.1) is 0 Å². The molecule has 1 aromatic rings. The van der Waals surface area contributed by atoms with Gasteiger partial charge in [0.1, 0.15) is 11.9 Å². The Hall–Kier alpha value is -1.06. The number of hydrogen-bond acceptors (Lipinski definition) is 3. The maximum absolute atomic E-state index is 9.50. The summed E-state index contributed by atoms with van der Waals surface area (Å²) in [6, 6.07) is 7.86. The third-order valence-corrected chi connectivity index (χ3v) is 3.93. The number of ether oxygens (including phenoxy) is 1. The van der Waals surface area contributed by atoms with Crippen LogP contribution in [0.1, 0.15) is 52.5 Å². The first-order valence-corrected chi connectivity index (χ1v) is 7.42. The number of aliphatic hydroxyl groups excluding tert-OH is 1. The molecule has 0 saturated heterocycles. The van der Waals surface area contributed by atoms with Gasteiger partial charge in [0.15, 0.2) is 0 Å². The van der Waals surface area contributed by atoms with E-state index < -0.39 is 0 Å². The summed E-state index contributed by atoms with van der Waals surface area (Å²) >= 11 is 0. The van der Waals surface area contributed by atoms with Gasteiger partial charge in [0.2, 0.25) is 0 Å². The average Bonchev–Trinajstić information content (AvgIpc) is 2.42. The Bertz CT molecular complexity index is 394. The quantitative estimate of drug-likeness (QED) is 0.840. The van der Waals surface area contributed by atoms with Gasteiger partial charge in [0, 0.05) is 6.04 Å². The van der Waals surface area contributed by atoms with Crippen molar-refractivity contribution >= 4 is 0 Å². The summed E-state index contributed by atoms with van der Waals surface area (Å²) in [5, 5.41) is 9.50. The Balaban J connectivity index is 2.76. The minimum atomic E-state index is -0.385. The van der Waals surface area contributed by atoms with Gasteiger partial charge in [-0.2, -0.15) is 0 Å². The van der Waals surface area contributed by atoms with Crippen LogP contribution in [0, 0.1) is 5.41 Å². The van der Waals surface area contributed by atoms with E-state index in [1.165, 1.54) is 5.56 Å². The van der Waals surface area contributed by atoms with E-state index in [2.05, 4.69) is 46.8 Å². The molecule has 3 atom stereocenters. The van der Waals surface area contributed by atoms with E-state index in [0.717, 1.165) is 12.2 Å². The molecule has 0 amide bonds. The van der Waals surface area contributed by atoms with Crippen LogP contribution in [0.3, 0.4) is 0 Å². The molecular formula is C17H29NO2. The lowest BCUT2D eigenvalue weighted by atomic mass is 9.84. The second kappa shape index (κ2) is 7.09. The molecule has 0 saturated carbocycles. The van der Waals surface area contributed by atoms with Crippen molar-refractivity contribution in [2.75, 3.05) is 6.61 Å². The van der Waals surface area contributed by atoms with E-state index in [9.17, 15) is 5.11 Å². The van der Waals surface area contributed by atoms with Crippen molar-refractivity contribution in [3.8, 4) is 5.75 Å². The molecule has 3 N–H and O–H groups in total. The standard InChI is InChI=1S/C17H29NO2/c1-6-12(2)13-7-9-14(10-8-13)20-15(11-19)16(18)17(3,4)5/h7-10,12,15-16,19H,6,11,18H2,1-5H3. The molecule has 0 aliphatic rings. The Morgan fingerprint density at radius 2 is 1.75 bits per heavy atom. The lowest BCUT2D eigenvalue weighted by Gasteiger charge is -2.33. The van der Waals surface area contributed by atoms with Gasteiger partial charge < -0.3 is 15.6 Å². The highest BCUT2D eigenvalue weighted by atomic mass is 16.5. The Morgan fingerprint density at radius 3 is 2.15 bits per heavy atom. The Labute approximate surface area is 123 Å². The smallest absolute Gasteiger partial charge is 0.137 e. The van der Waals surface area contributed by atoms with Crippen molar-refractivity contribution in [3.63, 3.8) is 0 Å². The molecule has 1 aromatic carbocycles. The van der Waals surface area contributed by atoms with Crippen LogP contribution < -0.4 is 10.5 Å². The van der Waals surface area contributed by atoms with Crippen LogP contribution in [0.4, 0.5) is 0 Å². The predicted octanol–water partition coefficient (Wildman–Crippen LogP) is 3.31. The zero-order valence-corrected chi connectivity index (χ0v) is 13.4. The van der Waals surface area contributed by atoms with Crippen molar-refractivity contribution in [1.29, 1.82) is 0 Å². The highest BCUT2D eigenvalue weighted by molar-refractivity contribution is 5.29. The molecule has 3 nitrogen and oxygen atoms in total. The number of benzene rings is 1. The first-order chi connectivity index (χ1) is 9.29. The molecule has 0 radical (unpaired) electrons. The summed E-state index contributed by atoms with van der Waals surface area (Å²) in [7, 11) is 0. The first kappa shape index (κ1) is 17.0. The highest BCUT2D eigenvalue weighted by Crippen LogP contribution is 2.25. The number of hydrogen-bond donors (Lipinski definition) is 2. The Kier molecular flexibility index (Phi) is 6.03. The number of nitrogens with two attached hydrogens (primary N) is 1. The summed E-state index contributed by atoms with van der Waals surface area (Å²) in [6.45, 7) is 10.5. The van der Waals surface area contributed by atoms with E-state index in [-0.39, 0.29) is 24.2 Å². The fourth-order valence-corrected chi connectivity index (χ4v) is 2.07. The summed E-state index contributed by atoms with van der Waals surface area (Å²) < 4.78 is 5.85. The van der Waals surface area contributed by atoms with Gasteiger partial charge in [-0.25, -0.2) is 0 Å². The predicted molar refractivity (Wildman–Crippen MR) is 84.1 cm³/mol. The van der Waals surface area contributed by atoms with Gasteiger partial charge in [-0.1, -0.05) is 46.8 Å². The molecule has 3 heteroatoms. The monoisotopic (exact) mass is 279 g/mol. The van der Waals surface area contributed by atoms with Crippen LogP contribution in [0.25, 0.3) is 0 Å². The van der Waals surface area contributed by atoms with Gasteiger partial charge in [-0.05, 0) is 35.4 Å². The summed E-state index contributed by atoms with van der Waals surface area (Å²) in [5.41, 5.74) is 7.37. The molecule has 3 unspecified atom stereocenters.